The number of benzene rings is 1. The van der Waals surface area contributed by atoms with Gasteiger partial charge in [0.25, 0.3) is 10.0 Å². The van der Waals surface area contributed by atoms with Crippen LogP contribution in [0.1, 0.15) is 25.6 Å². The molecule has 0 saturated heterocycles. The topological polar surface area (TPSA) is 106 Å². The van der Waals surface area contributed by atoms with Gasteiger partial charge in [0.15, 0.2) is 5.03 Å². The number of H-pyrrole nitrogens is 1. The van der Waals surface area contributed by atoms with Crippen molar-refractivity contribution < 1.29 is 8.42 Å². The molecule has 0 spiro atoms. The van der Waals surface area contributed by atoms with Crippen molar-refractivity contribution in [2.24, 2.45) is 0 Å². The summed E-state index contributed by atoms with van der Waals surface area (Å²) in [5.41, 5.74) is 0.982. The van der Waals surface area contributed by atoms with Gasteiger partial charge in [-0.3, -0.25) is 4.72 Å². The van der Waals surface area contributed by atoms with Gasteiger partial charge in [-0.2, -0.15) is 13.5 Å². The Morgan fingerprint density at radius 1 is 1.26 bits per heavy atom. The predicted molar refractivity (Wildman–Crippen MR) is 84.8 cm³/mol. The van der Waals surface area contributed by atoms with Crippen LogP contribution in [0.2, 0.25) is 0 Å². The van der Waals surface area contributed by atoms with Crippen molar-refractivity contribution in [1.82, 2.24) is 24.7 Å². The molecule has 2 N–H and O–H groups in total. The first kappa shape index (κ1) is 15.2. The van der Waals surface area contributed by atoms with Gasteiger partial charge in [-0.05, 0) is 12.1 Å². The lowest BCUT2D eigenvalue weighted by Crippen LogP contribution is -2.15. The third kappa shape index (κ3) is 3.09. The Morgan fingerprint density at radius 3 is 2.70 bits per heavy atom. The average molecular weight is 332 g/mol. The molecule has 8 nitrogen and oxygen atoms in total. The van der Waals surface area contributed by atoms with Crippen molar-refractivity contribution in [2.45, 2.75) is 24.8 Å². The van der Waals surface area contributed by atoms with Crippen LogP contribution >= 0.6 is 0 Å². The summed E-state index contributed by atoms with van der Waals surface area (Å²) in [6.45, 7) is 3.87. The number of imidazole rings is 1. The monoisotopic (exact) mass is 332 g/mol. The Hall–Kier alpha value is -2.68. The van der Waals surface area contributed by atoms with E-state index in [1.54, 1.807) is 24.3 Å². The van der Waals surface area contributed by atoms with Crippen molar-refractivity contribution in [3.8, 4) is 5.69 Å². The number of rotatable bonds is 5. The minimum Gasteiger partial charge on any atom is -0.331 e. The number of aromatic nitrogens is 5. The van der Waals surface area contributed by atoms with E-state index in [9.17, 15) is 8.42 Å². The van der Waals surface area contributed by atoms with Gasteiger partial charge in [0.05, 0.1) is 17.6 Å². The molecule has 23 heavy (non-hydrogen) atoms. The zero-order chi connectivity index (χ0) is 16.4. The molecule has 0 atom stereocenters. The van der Waals surface area contributed by atoms with Crippen LogP contribution in [0.3, 0.4) is 0 Å². The SMILES string of the molecule is CC(C)c1ncc(S(=O)(=O)Nc2ccccc2-n2cncn2)[nH]1. The van der Waals surface area contributed by atoms with E-state index in [1.165, 1.54) is 23.5 Å². The summed E-state index contributed by atoms with van der Waals surface area (Å²) in [6.07, 6.45) is 4.20. The Morgan fingerprint density at radius 2 is 2.04 bits per heavy atom. The highest BCUT2D eigenvalue weighted by molar-refractivity contribution is 7.92. The smallest absolute Gasteiger partial charge is 0.279 e. The number of sulfonamides is 1. The van der Waals surface area contributed by atoms with Gasteiger partial charge in [-0.25, -0.2) is 14.6 Å². The molecule has 2 aromatic heterocycles. The molecule has 0 bridgehead atoms. The van der Waals surface area contributed by atoms with E-state index in [-0.39, 0.29) is 10.9 Å². The van der Waals surface area contributed by atoms with Gasteiger partial charge in [0, 0.05) is 5.92 Å². The Bertz CT molecular complexity index is 899. The molecule has 0 aliphatic rings. The Balaban J connectivity index is 1.95. The first-order valence-corrected chi connectivity index (χ1v) is 8.47. The van der Waals surface area contributed by atoms with Crippen molar-refractivity contribution in [3.63, 3.8) is 0 Å². The van der Waals surface area contributed by atoms with Crippen molar-refractivity contribution in [2.75, 3.05) is 4.72 Å². The highest BCUT2D eigenvalue weighted by Crippen LogP contribution is 2.22. The Labute approximate surface area is 133 Å². The molecular formula is C14H16N6O2S. The quantitative estimate of drug-likeness (QED) is 0.742. The van der Waals surface area contributed by atoms with Gasteiger partial charge in [0.2, 0.25) is 0 Å². The average Bonchev–Trinajstić information content (AvgIpc) is 3.19. The van der Waals surface area contributed by atoms with Crippen molar-refractivity contribution in [1.29, 1.82) is 0 Å². The van der Waals surface area contributed by atoms with Crippen molar-refractivity contribution >= 4 is 15.7 Å². The van der Waals surface area contributed by atoms with Gasteiger partial charge < -0.3 is 4.98 Å². The highest BCUT2D eigenvalue weighted by atomic mass is 32.2. The second-order valence-corrected chi connectivity index (χ2v) is 6.90. The normalized spacial score (nSPS) is 11.8. The van der Waals surface area contributed by atoms with Gasteiger partial charge >= 0.3 is 0 Å². The molecule has 0 radical (unpaired) electrons. The number of para-hydroxylation sites is 2. The fraction of sp³-hybridized carbons (Fsp3) is 0.214. The maximum absolute atomic E-state index is 12.5. The molecule has 1 aromatic carbocycles. The molecule has 0 amide bonds. The molecule has 0 fully saturated rings. The van der Waals surface area contributed by atoms with E-state index < -0.39 is 10.0 Å². The zero-order valence-corrected chi connectivity index (χ0v) is 13.4. The number of hydrogen-bond donors (Lipinski definition) is 2. The standard InChI is InChI=1S/C14H16N6O2S/c1-10(2)14-16-7-13(18-14)23(21,22)19-11-5-3-4-6-12(11)20-9-15-8-17-20/h3-10,19H,1-2H3,(H,16,18). The lowest BCUT2D eigenvalue weighted by atomic mass is 10.2. The first-order valence-electron chi connectivity index (χ1n) is 6.99. The zero-order valence-electron chi connectivity index (χ0n) is 12.6. The predicted octanol–water partition coefficient (Wildman–Crippen LogP) is 1.91. The van der Waals surface area contributed by atoms with E-state index in [4.69, 9.17) is 0 Å². The molecule has 3 aromatic rings. The summed E-state index contributed by atoms with van der Waals surface area (Å²) in [4.78, 5) is 10.8. The fourth-order valence-electron chi connectivity index (χ4n) is 2.04. The van der Waals surface area contributed by atoms with Crippen LogP contribution in [0.4, 0.5) is 5.69 Å². The van der Waals surface area contributed by atoms with Crippen LogP contribution in [-0.2, 0) is 10.0 Å². The summed E-state index contributed by atoms with van der Waals surface area (Å²) in [5, 5.41) is 4.05. The molecule has 0 aliphatic heterocycles. The minimum atomic E-state index is -3.77. The molecule has 2 heterocycles. The van der Waals surface area contributed by atoms with Crippen LogP contribution in [0.25, 0.3) is 5.69 Å². The van der Waals surface area contributed by atoms with Gasteiger partial charge in [-0.15, -0.1) is 0 Å². The molecule has 0 saturated carbocycles. The Kier molecular flexibility index (Phi) is 3.87. The van der Waals surface area contributed by atoms with Gasteiger partial charge in [0.1, 0.15) is 18.5 Å². The largest absolute Gasteiger partial charge is 0.331 e. The number of aromatic amines is 1. The summed E-state index contributed by atoms with van der Waals surface area (Å²) in [6, 6.07) is 6.94. The fourth-order valence-corrected chi connectivity index (χ4v) is 3.04. The summed E-state index contributed by atoms with van der Waals surface area (Å²) in [5.74, 6) is 0.733. The second kappa shape index (κ2) is 5.84. The maximum Gasteiger partial charge on any atom is 0.279 e. The third-order valence-electron chi connectivity index (χ3n) is 3.22. The lowest BCUT2D eigenvalue weighted by Gasteiger charge is -2.11. The van der Waals surface area contributed by atoms with E-state index in [1.807, 2.05) is 13.8 Å². The summed E-state index contributed by atoms with van der Waals surface area (Å²) < 4.78 is 29.1. The number of nitrogens with one attached hydrogen (secondary N) is 2. The van der Waals surface area contributed by atoms with E-state index in [0.29, 0.717) is 17.2 Å². The maximum atomic E-state index is 12.5. The van der Waals surface area contributed by atoms with E-state index in [2.05, 4.69) is 24.8 Å². The van der Waals surface area contributed by atoms with E-state index in [0.717, 1.165) is 0 Å². The number of hydrogen-bond acceptors (Lipinski definition) is 5. The first-order chi connectivity index (χ1) is 11.0. The summed E-state index contributed by atoms with van der Waals surface area (Å²) >= 11 is 0. The van der Waals surface area contributed by atoms with Crippen LogP contribution in [0, 0.1) is 0 Å². The molecule has 9 heteroatoms. The minimum absolute atomic E-state index is 0.0228. The van der Waals surface area contributed by atoms with Crippen LogP contribution in [0.15, 0.2) is 48.1 Å². The highest BCUT2D eigenvalue weighted by Gasteiger charge is 2.20. The van der Waals surface area contributed by atoms with Crippen LogP contribution < -0.4 is 4.72 Å². The molecule has 0 aliphatic carbocycles. The lowest BCUT2D eigenvalue weighted by molar-refractivity contribution is 0.597. The summed E-state index contributed by atoms with van der Waals surface area (Å²) in [7, 11) is -3.77. The number of anilines is 1. The van der Waals surface area contributed by atoms with Crippen molar-refractivity contribution in [3.05, 3.63) is 48.9 Å². The van der Waals surface area contributed by atoms with E-state index >= 15 is 0 Å². The third-order valence-corrected chi connectivity index (χ3v) is 4.50. The molecule has 0 unspecified atom stereocenters. The van der Waals surface area contributed by atoms with Crippen LogP contribution in [0.5, 0.6) is 0 Å². The second-order valence-electron chi connectivity index (χ2n) is 5.25. The molecular weight excluding hydrogens is 316 g/mol. The van der Waals surface area contributed by atoms with Gasteiger partial charge in [-0.1, -0.05) is 26.0 Å². The van der Waals surface area contributed by atoms with Crippen LogP contribution in [-0.4, -0.2) is 33.2 Å². The number of nitrogens with zero attached hydrogens (tertiary/aromatic N) is 4. The molecule has 120 valence electrons. The molecule has 3 rings (SSSR count).